The summed E-state index contributed by atoms with van der Waals surface area (Å²) in [4.78, 5) is 12.7. The molecule has 2 rings (SSSR count). The lowest BCUT2D eigenvalue weighted by Crippen LogP contribution is -2.46. The highest BCUT2D eigenvalue weighted by Crippen LogP contribution is 2.30. The predicted octanol–water partition coefficient (Wildman–Crippen LogP) is 1.82. The van der Waals surface area contributed by atoms with Crippen LogP contribution in [0, 0.1) is 0 Å². The highest BCUT2D eigenvalue weighted by atomic mass is 19.3. The molecule has 1 aromatic rings. The Morgan fingerprint density at radius 1 is 1.35 bits per heavy atom. The van der Waals surface area contributed by atoms with E-state index in [4.69, 9.17) is 4.74 Å². The zero-order valence-electron chi connectivity index (χ0n) is 11.3. The number of hydrogen-bond donors (Lipinski definition) is 1. The molecule has 110 valence electrons. The van der Waals surface area contributed by atoms with Crippen LogP contribution in [-0.2, 0) is 4.79 Å². The van der Waals surface area contributed by atoms with Gasteiger partial charge in [0.25, 0.3) is 6.43 Å². The zero-order valence-corrected chi connectivity index (χ0v) is 11.3. The van der Waals surface area contributed by atoms with Crippen LogP contribution in [-0.4, -0.2) is 43.5 Å². The topological polar surface area (TPSA) is 41.6 Å². The van der Waals surface area contributed by atoms with E-state index in [1.165, 1.54) is 13.0 Å². The number of ether oxygens (including phenoxy) is 1. The summed E-state index contributed by atoms with van der Waals surface area (Å²) in [6.07, 6.45) is -2.49. The van der Waals surface area contributed by atoms with Crippen molar-refractivity contribution in [3.05, 3.63) is 29.8 Å². The maximum Gasteiger partial charge on any atom is 0.308 e. The van der Waals surface area contributed by atoms with Gasteiger partial charge in [0, 0.05) is 33.1 Å². The van der Waals surface area contributed by atoms with Crippen LogP contribution >= 0.6 is 0 Å². The van der Waals surface area contributed by atoms with E-state index in [1.807, 2.05) is 0 Å². The first-order valence-corrected chi connectivity index (χ1v) is 6.59. The zero-order chi connectivity index (χ0) is 14.5. The molecule has 0 aliphatic carbocycles. The average molecular weight is 284 g/mol. The molecule has 0 spiro atoms. The highest BCUT2D eigenvalue weighted by Gasteiger charge is 2.30. The third-order valence-corrected chi connectivity index (χ3v) is 3.24. The van der Waals surface area contributed by atoms with Crippen LogP contribution in [0.1, 0.15) is 18.5 Å². The van der Waals surface area contributed by atoms with Gasteiger partial charge in [0.2, 0.25) is 0 Å². The van der Waals surface area contributed by atoms with Gasteiger partial charge >= 0.3 is 5.97 Å². The summed E-state index contributed by atoms with van der Waals surface area (Å²) in [5.74, 6) is -0.159. The Labute approximate surface area is 116 Å². The summed E-state index contributed by atoms with van der Waals surface area (Å²) in [5.41, 5.74) is 0.473. The second-order valence-electron chi connectivity index (χ2n) is 4.73. The van der Waals surface area contributed by atoms with Gasteiger partial charge in [-0.05, 0) is 17.7 Å². The predicted molar refractivity (Wildman–Crippen MR) is 70.9 cm³/mol. The van der Waals surface area contributed by atoms with Crippen LogP contribution < -0.4 is 10.1 Å². The Morgan fingerprint density at radius 3 is 2.65 bits per heavy atom. The van der Waals surface area contributed by atoms with Crippen molar-refractivity contribution in [2.45, 2.75) is 19.4 Å². The minimum Gasteiger partial charge on any atom is -0.427 e. The number of nitrogens with one attached hydrogen (secondary N) is 1. The smallest absolute Gasteiger partial charge is 0.308 e. The molecule has 1 saturated heterocycles. The Balaban J connectivity index is 2.22. The number of alkyl halides is 2. The van der Waals surface area contributed by atoms with Crippen LogP contribution in [0.5, 0.6) is 5.75 Å². The first-order chi connectivity index (χ1) is 9.58. The number of benzene rings is 1. The number of carbonyl (C=O) groups excluding carboxylic acids is 1. The van der Waals surface area contributed by atoms with E-state index in [2.05, 4.69) is 5.32 Å². The van der Waals surface area contributed by atoms with Gasteiger partial charge in [0.05, 0.1) is 6.04 Å². The van der Waals surface area contributed by atoms with Crippen molar-refractivity contribution in [1.29, 1.82) is 0 Å². The molecule has 1 aromatic carbocycles. The molecule has 6 heteroatoms. The van der Waals surface area contributed by atoms with Crippen molar-refractivity contribution >= 4 is 5.97 Å². The van der Waals surface area contributed by atoms with Gasteiger partial charge in [0.15, 0.2) is 0 Å². The van der Waals surface area contributed by atoms with Crippen molar-refractivity contribution in [2.24, 2.45) is 0 Å². The molecule has 1 fully saturated rings. The molecule has 1 N–H and O–H groups in total. The van der Waals surface area contributed by atoms with Gasteiger partial charge in [-0.3, -0.25) is 9.69 Å². The summed E-state index contributed by atoms with van der Waals surface area (Å²) >= 11 is 0. The summed E-state index contributed by atoms with van der Waals surface area (Å²) in [6, 6.07) is 5.41. The molecule has 20 heavy (non-hydrogen) atoms. The Bertz CT molecular complexity index is 462. The number of nitrogens with zero attached hydrogens (tertiary/aromatic N) is 1. The molecule has 0 amide bonds. The Hall–Kier alpha value is -1.53. The molecule has 0 saturated carbocycles. The number of carbonyl (C=O) groups is 1. The van der Waals surface area contributed by atoms with Crippen LogP contribution in [0.25, 0.3) is 0 Å². The second-order valence-corrected chi connectivity index (χ2v) is 4.73. The Morgan fingerprint density at radius 2 is 2.05 bits per heavy atom. The number of rotatable bonds is 4. The van der Waals surface area contributed by atoms with Gasteiger partial charge in [-0.1, -0.05) is 12.1 Å². The minimum atomic E-state index is -2.49. The fourth-order valence-electron chi connectivity index (χ4n) is 2.40. The molecule has 1 aliphatic heterocycles. The van der Waals surface area contributed by atoms with Crippen molar-refractivity contribution < 1.29 is 18.3 Å². The number of halogens is 2. The van der Waals surface area contributed by atoms with Gasteiger partial charge in [-0.2, -0.15) is 0 Å². The van der Waals surface area contributed by atoms with Crippen molar-refractivity contribution in [1.82, 2.24) is 10.2 Å². The molecule has 1 aliphatic rings. The summed E-state index contributed by atoms with van der Waals surface area (Å²) in [7, 11) is 0. The maximum absolute atomic E-state index is 13.4. The molecule has 0 aromatic heterocycles. The van der Waals surface area contributed by atoms with E-state index in [0.29, 0.717) is 37.5 Å². The lowest BCUT2D eigenvalue weighted by Gasteiger charge is -2.34. The van der Waals surface area contributed by atoms with E-state index in [1.54, 1.807) is 23.1 Å². The molecule has 4 nitrogen and oxygen atoms in total. The van der Waals surface area contributed by atoms with Crippen molar-refractivity contribution in [3.8, 4) is 5.75 Å². The van der Waals surface area contributed by atoms with E-state index < -0.39 is 18.4 Å². The maximum atomic E-state index is 13.4. The molecular weight excluding hydrogens is 266 g/mol. The van der Waals surface area contributed by atoms with Gasteiger partial charge < -0.3 is 10.1 Å². The first-order valence-electron chi connectivity index (χ1n) is 6.59. The lowest BCUT2D eigenvalue weighted by atomic mass is 10.0. The summed E-state index contributed by atoms with van der Waals surface area (Å²) in [6.45, 7) is 3.84. The van der Waals surface area contributed by atoms with Gasteiger partial charge in [0.1, 0.15) is 5.75 Å². The average Bonchev–Trinajstić information content (AvgIpc) is 2.39. The standard InChI is InChI=1S/C14H18F2N2O2/c1-10(19)20-12-4-2-3-11(9-12)13(14(15)16)18-7-5-17-6-8-18/h2-4,9,13-14,17H,5-8H2,1H3/t13-/m0/s1. The largest absolute Gasteiger partial charge is 0.427 e. The molecule has 0 radical (unpaired) electrons. The molecule has 0 unspecified atom stereocenters. The molecular formula is C14H18F2N2O2. The fraction of sp³-hybridized carbons (Fsp3) is 0.500. The van der Waals surface area contributed by atoms with Gasteiger partial charge in [-0.25, -0.2) is 8.78 Å². The third kappa shape index (κ3) is 3.74. The number of hydrogen-bond acceptors (Lipinski definition) is 4. The third-order valence-electron chi connectivity index (χ3n) is 3.24. The normalized spacial score (nSPS) is 18.0. The van der Waals surface area contributed by atoms with Crippen molar-refractivity contribution in [2.75, 3.05) is 26.2 Å². The van der Waals surface area contributed by atoms with Crippen LogP contribution in [0.3, 0.4) is 0 Å². The number of esters is 1. The lowest BCUT2D eigenvalue weighted by molar-refractivity contribution is -0.131. The van der Waals surface area contributed by atoms with E-state index in [9.17, 15) is 13.6 Å². The molecule has 1 heterocycles. The first kappa shape index (κ1) is 14.9. The second kappa shape index (κ2) is 6.76. The van der Waals surface area contributed by atoms with E-state index in [-0.39, 0.29) is 0 Å². The quantitative estimate of drug-likeness (QED) is 0.676. The van der Waals surface area contributed by atoms with E-state index in [0.717, 1.165) is 0 Å². The molecule has 1 atom stereocenters. The van der Waals surface area contributed by atoms with E-state index >= 15 is 0 Å². The minimum absolute atomic E-state index is 0.302. The van der Waals surface area contributed by atoms with Crippen LogP contribution in [0.2, 0.25) is 0 Å². The van der Waals surface area contributed by atoms with Gasteiger partial charge in [-0.15, -0.1) is 0 Å². The van der Waals surface area contributed by atoms with Crippen LogP contribution in [0.4, 0.5) is 8.78 Å². The monoisotopic (exact) mass is 284 g/mol. The SMILES string of the molecule is CC(=O)Oc1cccc([C@@H](C(F)F)N2CCNCC2)c1. The Kier molecular flexibility index (Phi) is 5.03. The highest BCUT2D eigenvalue weighted by molar-refractivity contribution is 5.69. The molecule has 0 bridgehead atoms. The fourth-order valence-corrected chi connectivity index (χ4v) is 2.40. The van der Waals surface area contributed by atoms with Crippen LogP contribution in [0.15, 0.2) is 24.3 Å². The number of piperazine rings is 1. The van der Waals surface area contributed by atoms with Crippen molar-refractivity contribution in [3.63, 3.8) is 0 Å². The summed E-state index contributed by atoms with van der Waals surface area (Å²) in [5, 5.41) is 3.14. The summed E-state index contributed by atoms with van der Waals surface area (Å²) < 4.78 is 31.7.